The monoisotopic (exact) mass is 269 g/mol. The molecule has 0 amide bonds. The molecule has 2 heteroatoms. The largest absolute Gasteiger partial charge is 0.314 e. The number of hydrogen-bond acceptors (Lipinski definition) is 1. The van der Waals surface area contributed by atoms with E-state index in [-0.39, 0.29) is 0 Å². The quantitative estimate of drug-likeness (QED) is 0.854. The summed E-state index contributed by atoms with van der Waals surface area (Å²) in [4.78, 5) is 0. The molecule has 2 unspecified atom stereocenters. The highest BCUT2D eigenvalue weighted by molar-refractivity contribution is 9.10. The van der Waals surface area contributed by atoms with Crippen molar-refractivity contribution in [2.75, 3.05) is 6.54 Å². The average molecular weight is 270 g/mol. The molecule has 0 spiro atoms. The van der Waals surface area contributed by atoms with Crippen molar-refractivity contribution in [2.24, 2.45) is 0 Å². The Morgan fingerprint density at radius 3 is 2.27 bits per heavy atom. The van der Waals surface area contributed by atoms with E-state index in [1.54, 1.807) is 0 Å². The van der Waals surface area contributed by atoms with E-state index >= 15 is 0 Å². The minimum absolute atomic E-state index is 0.572. The van der Waals surface area contributed by atoms with E-state index in [1.807, 2.05) is 0 Å². The predicted molar refractivity (Wildman–Crippen MR) is 70.3 cm³/mol. The molecular weight excluding hydrogens is 250 g/mol. The number of halogens is 1. The third-order valence-corrected chi connectivity index (χ3v) is 3.43. The van der Waals surface area contributed by atoms with Crippen LogP contribution in [0, 0.1) is 0 Å². The van der Waals surface area contributed by atoms with Gasteiger partial charge >= 0.3 is 0 Å². The Kier molecular flexibility index (Phi) is 5.34. The minimum atomic E-state index is 0.572. The van der Waals surface area contributed by atoms with Gasteiger partial charge in [0.15, 0.2) is 0 Å². The van der Waals surface area contributed by atoms with Crippen molar-refractivity contribution in [3.63, 3.8) is 0 Å². The van der Waals surface area contributed by atoms with Gasteiger partial charge in [-0.2, -0.15) is 0 Å². The minimum Gasteiger partial charge on any atom is -0.314 e. The van der Waals surface area contributed by atoms with Crippen LogP contribution in [-0.2, 0) is 0 Å². The number of likely N-dealkylation sites (N-methyl/N-ethyl adjacent to an activating group) is 1. The Morgan fingerprint density at radius 1 is 1.20 bits per heavy atom. The second-order valence-corrected chi connectivity index (χ2v) is 4.83. The fourth-order valence-electron chi connectivity index (χ4n) is 1.94. The molecule has 0 heterocycles. The maximum absolute atomic E-state index is 3.53. The standard InChI is InChI=1S/C13H20BrN/c1-4-13(15-5-2)10(3)11-6-8-12(14)9-7-11/h6-10,13,15H,4-5H2,1-3H3. The van der Waals surface area contributed by atoms with Crippen LogP contribution in [0.4, 0.5) is 0 Å². The van der Waals surface area contributed by atoms with Crippen molar-refractivity contribution in [2.45, 2.75) is 39.2 Å². The van der Waals surface area contributed by atoms with Gasteiger partial charge in [0.1, 0.15) is 0 Å². The van der Waals surface area contributed by atoms with Gasteiger partial charge in [-0.05, 0) is 36.6 Å². The predicted octanol–water partition coefficient (Wildman–Crippen LogP) is 3.94. The van der Waals surface area contributed by atoms with E-state index in [9.17, 15) is 0 Å². The molecule has 0 bridgehead atoms. The molecule has 0 saturated heterocycles. The zero-order valence-corrected chi connectivity index (χ0v) is 11.3. The summed E-state index contributed by atoms with van der Waals surface area (Å²) in [5.74, 6) is 0.572. The van der Waals surface area contributed by atoms with Crippen LogP contribution in [0.5, 0.6) is 0 Å². The Labute approximate surface area is 101 Å². The first-order valence-corrected chi connectivity index (χ1v) is 6.47. The Hall–Kier alpha value is -0.340. The lowest BCUT2D eigenvalue weighted by Crippen LogP contribution is -2.32. The lowest BCUT2D eigenvalue weighted by molar-refractivity contribution is 0.449. The summed E-state index contributed by atoms with van der Waals surface area (Å²) in [6, 6.07) is 9.22. The van der Waals surface area contributed by atoms with E-state index in [0.29, 0.717) is 12.0 Å². The highest BCUT2D eigenvalue weighted by Gasteiger charge is 2.15. The smallest absolute Gasteiger partial charge is 0.0175 e. The van der Waals surface area contributed by atoms with Crippen LogP contribution in [0.2, 0.25) is 0 Å². The SMILES string of the molecule is CCNC(CC)C(C)c1ccc(Br)cc1. The third-order valence-electron chi connectivity index (χ3n) is 2.91. The summed E-state index contributed by atoms with van der Waals surface area (Å²) in [5.41, 5.74) is 1.41. The molecular formula is C13H20BrN. The van der Waals surface area contributed by atoms with Crippen LogP contribution < -0.4 is 5.32 Å². The molecule has 1 N–H and O–H groups in total. The Bertz CT molecular complexity index is 281. The average Bonchev–Trinajstić information content (AvgIpc) is 2.26. The lowest BCUT2D eigenvalue weighted by atomic mass is 9.92. The molecule has 0 fully saturated rings. The summed E-state index contributed by atoms with van der Waals surface area (Å²) in [7, 11) is 0. The van der Waals surface area contributed by atoms with Crippen LogP contribution in [0.25, 0.3) is 0 Å². The normalized spacial score (nSPS) is 14.9. The number of rotatable bonds is 5. The molecule has 1 aromatic rings. The van der Waals surface area contributed by atoms with Gasteiger partial charge in [0.25, 0.3) is 0 Å². The molecule has 0 aromatic heterocycles. The van der Waals surface area contributed by atoms with Crippen LogP contribution in [0.15, 0.2) is 28.7 Å². The fourth-order valence-corrected chi connectivity index (χ4v) is 2.20. The van der Waals surface area contributed by atoms with Crippen LogP contribution in [-0.4, -0.2) is 12.6 Å². The molecule has 0 aliphatic heterocycles. The third kappa shape index (κ3) is 3.62. The first-order chi connectivity index (χ1) is 7.19. The van der Waals surface area contributed by atoms with Gasteiger partial charge in [0.2, 0.25) is 0 Å². The molecule has 0 aliphatic rings. The Balaban J connectivity index is 2.73. The molecule has 15 heavy (non-hydrogen) atoms. The van der Waals surface area contributed by atoms with Crippen molar-refractivity contribution >= 4 is 15.9 Å². The second-order valence-electron chi connectivity index (χ2n) is 3.91. The zero-order valence-electron chi connectivity index (χ0n) is 9.76. The van der Waals surface area contributed by atoms with Gasteiger partial charge in [-0.3, -0.25) is 0 Å². The van der Waals surface area contributed by atoms with Crippen molar-refractivity contribution in [3.8, 4) is 0 Å². The molecule has 0 aliphatic carbocycles. The topological polar surface area (TPSA) is 12.0 Å². The van der Waals surface area contributed by atoms with Gasteiger partial charge in [-0.15, -0.1) is 0 Å². The highest BCUT2D eigenvalue weighted by atomic mass is 79.9. The van der Waals surface area contributed by atoms with E-state index in [1.165, 1.54) is 12.0 Å². The summed E-state index contributed by atoms with van der Waals surface area (Å²) in [6.45, 7) is 7.74. The molecule has 1 aromatic carbocycles. The number of benzene rings is 1. The summed E-state index contributed by atoms with van der Waals surface area (Å²) in [6.07, 6.45) is 1.17. The van der Waals surface area contributed by atoms with Gasteiger partial charge in [-0.1, -0.05) is 48.8 Å². The maximum atomic E-state index is 3.53. The summed E-state index contributed by atoms with van der Waals surface area (Å²) < 4.78 is 1.15. The first kappa shape index (κ1) is 12.7. The summed E-state index contributed by atoms with van der Waals surface area (Å²) in [5, 5.41) is 3.53. The lowest BCUT2D eigenvalue weighted by Gasteiger charge is -2.23. The van der Waals surface area contributed by atoms with Crippen LogP contribution >= 0.6 is 15.9 Å². The van der Waals surface area contributed by atoms with E-state index < -0.39 is 0 Å². The molecule has 1 nitrogen and oxygen atoms in total. The molecule has 0 radical (unpaired) electrons. The van der Waals surface area contributed by atoms with Crippen LogP contribution in [0.1, 0.15) is 38.7 Å². The first-order valence-electron chi connectivity index (χ1n) is 5.67. The van der Waals surface area contributed by atoms with Gasteiger partial charge in [0, 0.05) is 10.5 Å². The molecule has 84 valence electrons. The van der Waals surface area contributed by atoms with E-state index in [4.69, 9.17) is 0 Å². The molecule has 2 atom stereocenters. The highest BCUT2D eigenvalue weighted by Crippen LogP contribution is 2.22. The second kappa shape index (κ2) is 6.29. The van der Waals surface area contributed by atoms with E-state index in [0.717, 1.165) is 11.0 Å². The Morgan fingerprint density at radius 2 is 1.80 bits per heavy atom. The van der Waals surface area contributed by atoms with Crippen LogP contribution in [0.3, 0.4) is 0 Å². The van der Waals surface area contributed by atoms with Crippen molar-refractivity contribution in [1.82, 2.24) is 5.32 Å². The molecule has 0 saturated carbocycles. The van der Waals surface area contributed by atoms with Gasteiger partial charge in [0.05, 0.1) is 0 Å². The molecule has 1 rings (SSSR count). The number of hydrogen-bond donors (Lipinski definition) is 1. The zero-order chi connectivity index (χ0) is 11.3. The van der Waals surface area contributed by atoms with Crippen molar-refractivity contribution in [1.29, 1.82) is 0 Å². The van der Waals surface area contributed by atoms with Crippen molar-refractivity contribution < 1.29 is 0 Å². The van der Waals surface area contributed by atoms with E-state index in [2.05, 4.69) is 66.3 Å². The maximum Gasteiger partial charge on any atom is 0.0175 e. The summed E-state index contributed by atoms with van der Waals surface area (Å²) >= 11 is 3.46. The van der Waals surface area contributed by atoms with Gasteiger partial charge < -0.3 is 5.32 Å². The van der Waals surface area contributed by atoms with Gasteiger partial charge in [-0.25, -0.2) is 0 Å². The number of nitrogens with one attached hydrogen (secondary N) is 1. The fraction of sp³-hybridized carbons (Fsp3) is 0.538. The van der Waals surface area contributed by atoms with Crippen molar-refractivity contribution in [3.05, 3.63) is 34.3 Å².